The van der Waals surface area contributed by atoms with Crippen molar-refractivity contribution < 1.29 is 4.74 Å². The van der Waals surface area contributed by atoms with E-state index in [4.69, 9.17) is 4.74 Å². The summed E-state index contributed by atoms with van der Waals surface area (Å²) in [6.07, 6.45) is 1.11. The fourth-order valence-electron chi connectivity index (χ4n) is 1.91. The van der Waals surface area contributed by atoms with Crippen LogP contribution >= 0.6 is 0 Å². The first-order valence-corrected chi connectivity index (χ1v) is 6.08. The summed E-state index contributed by atoms with van der Waals surface area (Å²) in [7, 11) is 0. The van der Waals surface area contributed by atoms with Gasteiger partial charge in [0.2, 0.25) is 0 Å². The lowest BCUT2D eigenvalue weighted by Gasteiger charge is -2.18. The van der Waals surface area contributed by atoms with Crippen LogP contribution in [0.15, 0.2) is 54.6 Å². The van der Waals surface area contributed by atoms with Crippen LogP contribution in [0.2, 0.25) is 0 Å². The minimum Gasteiger partial charge on any atom is -0.486 e. The topological polar surface area (TPSA) is 9.23 Å². The van der Waals surface area contributed by atoms with E-state index in [-0.39, 0.29) is 6.10 Å². The van der Waals surface area contributed by atoms with Crippen molar-refractivity contribution in [2.75, 3.05) is 0 Å². The molecule has 0 radical (unpaired) electrons. The molecule has 0 spiro atoms. The minimum atomic E-state index is 0.137. The average molecular weight is 226 g/mol. The molecule has 0 aliphatic rings. The van der Waals surface area contributed by atoms with E-state index >= 15 is 0 Å². The molecule has 0 aliphatic carbocycles. The molecule has 0 aliphatic heterocycles. The van der Waals surface area contributed by atoms with Crippen molar-refractivity contribution in [2.24, 2.45) is 0 Å². The number of benzene rings is 2. The molecule has 1 atom stereocenters. The second-order valence-corrected chi connectivity index (χ2v) is 4.24. The zero-order valence-electron chi connectivity index (χ0n) is 10.4. The van der Waals surface area contributed by atoms with Gasteiger partial charge in [-0.2, -0.15) is 0 Å². The first kappa shape index (κ1) is 11.7. The van der Waals surface area contributed by atoms with Gasteiger partial charge in [-0.15, -0.1) is 0 Å². The van der Waals surface area contributed by atoms with E-state index < -0.39 is 0 Å². The molecule has 88 valence electrons. The third-order valence-corrected chi connectivity index (χ3v) is 2.81. The van der Waals surface area contributed by atoms with E-state index in [1.807, 2.05) is 18.2 Å². The molecule has 0 fully saturated rings. The summed E-state index contributed by atoms with van der Waals surface area (Å²) in [4.78, 5) is 0. The number of hydrogen-bond acceptors (Lipinski definition) is 1. The van der Waals surface area contributed by atoms with Crippen molar-refractivity contribution >= 4 is 0 Å². The van der Waals surface area contributed by atoms with Crippen LogP contribution < -0.4 is 4.74 Å². The standard InChI is InChI=1S/C16H18O/c1-3-16(14-9-5-4-6-10-14)17-15-11-7-8-13(2)12-15/h4-12,16H,3H2,1-2H3/t16-/m0/s1. The third kappa shape index (κ3) is 3.10. The van der Waals surface area contributed by atoms with Gasteiger partial charge in [-0.3, -0.25) is 0 Å². The van der Waals surface area contributed by atoms with Gasteiger partial charge in [0.1, 0.15) is 11.9 Å². The molecule has 0 saturated carbocycles. The molecule has 0 bridgehead atoms. The lowest BCUT2D eigenvalue weighted by atomic mass is 10.1. The number of aryl methyl sites for hydroxylation is 1. The van der Waals surface area contributed by atoms with Crippen molar-refractivity contribution in [1.82, 2.24) is 0 Å². The molecular weight excluding hydrogens is 208 g/mol. The molecule has 0 unspecified atom stereocenters. The van der Waals surface area contributed by atoms with Crippen molar-refractivity contribution in [2.45, 2.75) is 26.4 Å². The maximum Gasteiger partial charge on any atom is 0.123 e. The van der Waals surface area contributed by atoms with Crippen molar-refractivity contribution in [3.8, 4) is 5.75 Å². The van der Waals surface area contributed by atoms with Crippen LogP contribution in [0.1, 0.15) is 30.6 Å². The van der Waals surface area contributed by atoms with E-state index in [9.17, 15) is 0 Å². The lowest BCUT2D eigenvalue weighted by Crippen LogP contribution is -2.06. The molecule has 0 amide bonds. The molecule has 0 N–H and O–H groups in total. The Kier molecular flexibility index (Phi) is 3.81. The second-order valence-electron chi connectivity index (χ2n) is 4.24. The number of hydrogen-bond donors (Lipinski definition) is 0. The van der Waals surface area contributed by atoms with E-state index in [0.29, 0.717) is 0 Å². The van der Waals surface area contributed by atoms with Crippen LogP contribution in [0.4, 0.5) is 0 Å². The number of rotatable bonds is 4. The Morgan fingerprint density at radius 1 is 1.00 bits per heavy atom. The van der Waals surface area contributed by atoms with Gasteiger partial charge in [0.25, 0.3) is 0 Å². The van der Waals surface area contributed by atoms with E-state index in [2.05, 4.69) is 50.2 Å². The third-order valence-electron chi connectivity index (χ3n) is 2.81. The summed E-state index contributed by atoms with van der Waals surface area (Å²) in [5.41, 5.74) is 2.46. The molecule has 0 heterocycles. The molecule has 2 rings (SSSR count). The maximum atomic E-state index is 6.03. The normalized spacial score (nSPS) is 12.1. The van der Waals surface area contributed by atoms with Crippen LogP contribution in [0.3, 0.4) is 0 Å². The predicted octanol–water partition coefficient (Wildman–Crippen LogP) is 4.53. The lowest BCUT2D eigenvalue weighted by molar-refractivity contribution is 0.201. The molecule has 1 heteroatoms. The van der Waals surface area contributed by atoms with Gasteiger partial charge in [0.15, 0.2) is 0 Å². The Morgan fingerprint density at radius 2 is 1.76 bits per heavy atom. The van der Waals surface area contributed by atoms with Gasteiger partial charge >= 0.3 is 0 Å². The maximum absolute atomic E-state index is 6.03. The van der Waals surface area contributed by atoms with Gasteiger partial charge < -0.3 is 4.74 Å². The molecule has 1 nitrogen and oxygen atoms in total. The summed E-state index contributed by atoms with van der Waals surface area (Å²) >= 11 is 0. The van der Waals surface area contributed by atoms with Gasteiger partial charge in [-0.05, 0) is 36.6 Å². The quantitative estimate of drug-likeness (QED) is 0.744. The highest BCUT2D eigenvalue weighted by Gasteiger charge is 2.10. The molecule has 2 aromatic carbocycles. The smallest absolute Gasteiger partial charge is 0.123 e. The largest absolute Gasteiger partial charge is 0.486 e. The molecule has 17 heavy (non-hydrogen) atoms. The Labute approximate surface area is 103 Å². The Morgan fingerprint density at radius 3 is 2.41 bits per heavy atom. The van der Waals surface area contributed by atoms with Gasteiger partial charge in [0, 0.05) is 0 Å². The molecular formula is C16H18O. The van der Waals surface area contributed by atoms with Crippen molar-refractivity contribution in [1.29, 1.82) is 0 Å². The number of ether oxygens (including phenoxy) is 1. The van der Waals surface area contributed by atoms with Crippen LogP contribution in [0, 0.1) is 6.92 Å². The summed E-state index contributed by atoms with van der Waals surface area (Å²) in [6, 6.07) is 18.6. The van der Waals surface area contributed by atoms with Crippen molar-refractivity contribution in [3.05, 3.63) is 65.7 Å². The van der Waals surface area contributed by atoms with E-state index in [1.165, 1.54) is 11.1 Å². The van der Waals surface area contributed by atoms with Crippen LogP contribution in [0.25, 0.3) is 0 Å². The summed E-state index contributed by atoms with van der Waals surface area (Å²) in [6.45, 7) is 4.23. The van der Waals surface area contributed by atoms with E-state index in [1.54, 1.807) is 0 Å². The highest BCUT2D eigenvalue weighted by molar-refractivity contribution is 5.29. The van der Waals surface area contributed by atoms with Gasteiger partial charge in [0.05, 0.1) is 0 Å². The SMILES string of the molecule is CC[C@H](Oc1cccc(C)c1)c1ccccc1. The van der Waals surface area contributed by atoms with Crippen molar-refractivity contribution in [3.63, 3.8) is 0 Å². The first-order chi connectivity index (χ1) is 8.29. The highest BCUT2D eigenvalue weighted by Crippen LogP contribution is 2.24. The summed E-state index contributed by atoms with van der Waals surface area (Å²) in [5, 5.41) is 0. The second kappa shape index (κ2) is 5.53. The minimum absolute atomic E-state index is 0.137. The van der Waals surface area contributed by atoms with Gasteiger partial charge in [-0.1, -0.05) is 49.4 Å². The monoisotopic (exact) mass is 226 g/mol. The Bertz CT molecular complexity index is 462. The predicted molar refractivity (Wildman–Crippen MR) is 71.3 cm³/mol. The highest BCUT2D eigenvalue weighted by atomic mass is 16.5. The Hall–Kier alpha value is -1.76. The molecule has 0 saturated heterocycles. The Balaban J connectivity index is 2.16. The molecule has 2 aromatic rings. The fraction of sp³-hybridized carbons (Fsp3) is 0.250. The molecule has 0 aromatic heterocycles. The first-order valence-electron chi connectivity index (χ1n) is 6.08. The summed E-state index contributed by atoms with van der Waals surface area (Å²) < 4.78 is 6.03. The van der Waals surface area contributed by atoms with Crippen LogP contribution in [-0.4, -0.2) is 0 Å². The fourth-order valence-corrected chi connectivity index (χ4v) is 1.91. The summed E-state index contributed by atoms with van der Waals surface area (Å²) in [5.74, 6) is 0.945. The van der Waals surface area contributed by atoms with Gasteiger partial charge in [-0.25, -0.2) is 0 Å². The van der Waals surface area contributed by atoms with E-state index in [0.717, 1.165) is 12.2 Å². The average Bonchev–Trinajstić information content (AvgIpc) is 2.37. The van der Waals surface area contributed by atoms with Crippen LogP contribution in [0.5, 0.6) is 5.75 Å². The van der Waals surface area contributed by atoms with Crippen LogP contribution in [-0.2, 0) is 0 Å². The zero-order valence-corrected chi connectivity index (χ0v) is 10.4. The zero-order chi connectivity index (χ0) is 12.1.